The predicted octanol–water partition coefficient (Wildman–Crippen LogP) is 3.41. The van der Waals surface area contributed by atoms with Gasteiger partial charge in [0.2, 0.25) is 10.0 Å². The van der Waals surface area contributed by atoms with Crippen molar-refractivity contribution in [1.29, 1.82) is 0 Å². The number of sulfonamides is 1. The smallest absolute Gasteiger partial charge is 0.243 e. The van der Waals surface area contributed by atoms with Gasteiger partial charge in [0, 0.05) is 6.54 Å². The minimum Gasteiger partial charge on any atom is -0.395 e. The second kappa shape index (κ2) is 6.62. The Hall–Kier alpha value is -0.670. The molecule has 114 valence electrons. The fraction of sp³-hybridized carbons (Fsp3) is 0.167. The Kier molecular flexibility index (Phi) is 5.26. The average Bonchev–Trinajstić information content (AvgIpc) is 2.93. The minimum absolute atomic E-state index is 0.0344. The third kappa shape index (κ3) is 3.75. The zero-order chi connectivity index (χ0) is 15.6. The summed E-state index contributed by atoms with van der Waals surface area (Å²) in [7, 11) is -4.01. The van der Waals surface area contributed by atoms with Crippen molar-refractivity contribution in [1.82, 2.24) is 4.72 Å². The molecule has 3 N–H and O–H groups in total. The van der Waals surface area contributed by atoms with E-state index in [9.17, 15) is 12.8 Å². The summed E-state index contributed by atoms with van der Waals surface area (Å²) < 4.78 is 40.7. The van der Waals surface area contributed by atoms with Crippen molar-refractivity contribution >= 4 is 54.6 Å². The summed E-state index contributed by atoms with van der Waals surface area (Å²) in [5.74, 6) is -1.02. The molecule has 0 unspecified atom stereocenters. The van der Waals surface area contributed by atoms with Crippen LogP contribution in [0, 0.1) is 5.82 Å². The number of rotatable bonds is 5. The highest BCUT2D eigenvalue weighted by molar-refractivity contribution is 9.10. The van der Waals surface area contributed by atoms with E-state index < -0.39 is 20.7 Å². The maximum Gasteiger partial charge on any atom is 0.243 e. The van der Waals surface area contributed by atoms with Gasteiger partial charge in [0.15, 0.2) is 5.82 Å². The summed E-state index contributed by atoms with van der Waals surface area (Å²) in [6.07, 6.45) is 0.518. The molecule has 0 bridgehead atoms. The van der Waals surface area contributed by atoms with Gasteiger partial charge in [0.05, 0.1) is 15.2 Å². The Balaban J connectivity index is 2.20. The van der Waals surface area contributed by atoms with Crippen LogP contribution in [0.5, 0.6) is 0 Å². The molecule has 0 saturated carbocycles. The second-order valence-corrected chi connectivity index (χ2v) is 7.89. The Morgan fingerprint density at radius 3 is 2.81 bits per heavy atom. The molecule has 1 heterocycles. The molecule has 0 saturated heterocycles. The molecule has 9 heteroatoms. The van der Waals surface area contributed by atoms with E-state index in [4.69, 9.17) is 17.3 Å². The Morgan fingerprint density at radius 2 is 2.19 bits per heavy atom. The van der Waals surface area contributed by atoms with E-state index in [0.29, 0.717) is 6.42 Å². The van der Waals surface area contributed by atoms with Gasteiger partial charge in [-0.3, -0.25) is 0 Å². The molecular formula is C12H11BrClFN2O2S2. The first-order valence-corrected chi connectivity index (χ1v) is 9.36. The van der Waals surface area contributed by atoms with Crippen molar-refractivity contribution in [2.75, 3.05) is 12.3 Å². The van der Waals surface area contributed by atoms with Gasteiger partial charge in [-0.15, -0.1) is 0 Å². The molecule has 1 aromatic heterocycles. The monoisotopic (exact) mass is 412 g/mol. The summed E-state index contributed by atoms with van der Waals surface area (Å²) >= 11 is 10.4. The van der Waals surface area contributed by atoms with Crippen molar-refractivity contribution in [2.24, 2.45) is 0 Å². The third-order valence-corrected chi connectivity index (χ3v) is 6.31. The molecule has 4 nitrogen and oxygen atoms in total. The number of hydrogen-bond donors (Lipinski definition) is 2. The van der Waals surface area contributed by atoms with Gasteiger partial charge in [-0.25, -0.2) is 17.5 Å². The predicted molar refractivity (Wildman–Crippen MR) is 86.7 cm³/mol. The lowest BCUT2D eigenvalue weighted by Gasteiger charge is -2.11. The first-order valence-electron chi connectivity index (χ1n) is 5.76. The average molecular weight is 414 g/mol. The van der Waals surface area contributed by atoms with Crippen LogP contribution in [0.2, 0.25) is 5.02 Å². The molecule has 2 rings (SSSR count). The molecule has 0 spiro atoms. The molecular weight excluding hydrogens is 403 g/mol. The normalized spacial score (nSPS) is 11.8. The lowest BCUT2D eigenvalue weighted by molar-refractivity contribution is 0.558. The number of hydrogen-bond acceptors (Lipinski definition) is 4. The van der Waals surface area contributed by atoms with E-state index in [2.05, 4.69) is 20.7 Å². The van der Waals surface area contributed by atoms with Gasteiger partial charge in [0.1, 0.15) is 4.90 Å². The third-order valence-electron chi connectivity index (χ3n) is 2.73. The molecule has 0 amide bonds. The number of benzene rings is 1. The van der Waals surface area contributed by atoms with Crippen molar-refractivity contribution in [2.45, 2.75) is 11.3 Å². The standard InChI is InChI=1S/C12H11BrClFN2O2S2/c13-10-8(14)5-9(11(15)12(10)16)21(18,19)17-3-1-7-2-4-20-6-7/h2,4-6,17H,1,3,16H2. The zero-order valence-electron chi connectivity index (χ0n) is 10.6. The van der Waals surface area contributed by atoms with Gasteiger partial charge >= 0.3 is 0 Å². The summed E-state index contributed by atoms with van der Waals surface area (Å²) in [4.78, 5) is -0.557. The zero-order valence-corrected chi connectivity index (χ0v) is 14.5. The van der Waals surface area contributed by atoms with Crippen LogP contribution < -0.4 is 10.5 Å². The highest BCUT2D eigenvalue weighted by atomic mass is 79.9. The Morgan fingerprint density at radius 1 is 1.48 bits per heavy atom. The van der Waals surface area contributed by atoms with Gasteiger partial charge in [-0.05, 0) is 50.8 Å². The molecule has 21 heavy (non-hydrogen) atoms. The minimum atomic E-state index is -4.01. The van der Waals surface area contributed by atoms with Crippen molar-refractivity contribution < 1.29 is 12.8 Å². The van der Waals surface area contributed by atoms with E-state index in [1.54, 1.807) is 0 Å². The first kappa shape index (κ1) is 16.7. The van der Waals surface area contributed by atoms with Crippen molar-refractivity contribution in [3.05, 3.63) is 43.8 Å². The number of thiophene rings is 1. The maximum absolute atomic E-state index is 14.0. The van der Waals surface area contributed by atoms with Crippen LogP contribution in [0.15, 0.2) is 32.3 Å². The van der Waals surface area contributed by atoms with Gasteiger partial charge in [-0.1, -0.05) is 11.6 Å². The molecule has 0 aliphatic rings. The molecule has 0 aliphatic heterocycles. The lowest BCUT2D eigenvalue weighted by Crippen LogP contribution is -2.27. The molecule has 2 aromatic rings. The topological polar surface area (TPSA) is 72.2 Å². The highest BCUT2D eigenvalue weighted by Crippen LogP contribution is 2.34. The first-order chi connectivity index (χ1) is 9.83. The van der Waals surface area contributed by atoms with Gasteiger partial charge < -0.3 is 5.73 Å². The lowest BCUT2D eigenvalue weighted by atomic mass is 10.2. The number of nitrogens with one attached hydrogen (secondary N) is 1. The summed E-state index contributed by atoms with van der Waals surface area (Å²) in [5, 5.41) is 3.86. The molecule has 0 radical (unpaired) electrons. The van der Waals surface area contributed by atoms with E-state index in [-0.39, 0.29) is 21.7 Å². The van der Waals surface area contributed by atoms with E-state index in [0.717, 1.165) is 11.6 Å². The fourth-order valence-electron chi connectivity index (χ4n) is 1.64. The number of anilines is 1. The largest absolute Gasteiger partial charge is 0.395 e. The second-order valence-electron chi connectivity index (χ2n) is 4.18. The van der Waals surface area contributed by atoms with Crippen molar-refractivity contribution in [3.8, 4) is 0 Å². The van der Waals surface area contributed by atoms with Gasteiger partial charge in [0.25, 0.3) is 0 Å². The van der Waals surface area contributed by atoms with Crippen LogP contribution in [0.1, 0.15) is 5.56 Å². The van der Waals surface area contributed by atoms with E-state index in [1.165, 1.54) is 11.3 Å². The molecule has 0 atom stereocenters. The quantitative estimate of drug-likeness (QED) is 0.583. The summed E-state index contributed by atoms with van der Waals surface area (Å²) in [6.45, 7) is 0.159. The number of nitrogens with two attached hydrogens (primary N) is 1. The van der Waals surface area contributed by atoms with E-state index in [1.807, 2.05) is 16.8 Å². The van der Waals surface area contributed by atoms with Crippen LogP contribution in [0.3, 0.4) is 0 Å². The number of nitrogen functional groups attached to an aromatic ring is 1. The molecule has 1 aromatic carbocycles. The van der Waals surface area contributed by atoms with Crippen molar-refractivity contribution in [3.63, 3.8) is 0 Å². The highest BCUT2D eigenvalue weighted by Gasteiger charge is 2.23. The summed E-state index contributed by atoms with van der Waals surface area (Å²) in [6, 6.07) is 2.93. The SMILES string of the molecule is Nc1c(F)c(S(=O)(=O)NCCc2ccsc2)cc(Cl)c1Br. The van der Waals surface area contributed by atoms with Crippen LogP contribution in [0.4, 0.5) is 10.1 Å². The van der Waals surface area contributed by atoms with Crippen LogP contribution >= 0.6 is 38.9 Å². The van der Waals surface area contributed by atoms with E-state index >= 15 is 0 Å². The maximum atomic E-state index is 14.0. The fourth-order valence-corrected chi connectivity index (χ4v) is 4.05. The summed E-state index contributed by atoms with van der Waals surface area (Å²) in [5.41, 5.74) is 6.17. The van der Waals surface area contributed by atoms with Crippen LogP contribution in [-0.2, 0) is 16.4 Å². The van der Waals surface area contributed by atoms with Crippen LogP contribution in [0.25, 0.3) is 0 Å². The Labute approximate surface area is 139 Å². The molecule has 0 aliphatic carbocycles. The molecule has 0 fully saturated rings. The Bertz CT molecular complexity index is 751. The number of halogens is 3. The van der Waals surface area contributed by atoms with Gasteiger partial charge in [-0.2, -0.15) is 11.3 Å². The van der Waals surface area contributed by atoms with Crippen LogP contribution in [-0.4, -0.2) is 15.0 Å².